The van der Waals surface area contributed by atoms with E-state index in [9.17, 15) is 13.2 Å². The van der Waals surface area contributed by atoms with Gasteiger partial charge in [-0.3, -0.25) is 0 Å². The highest BCUT2D eigenvalue weighted by atomic mass is 35.5. The third-order valence-electron chi connectivity index (χ3n) is 2.38. The molecule has 2 nitrogen and oxygen atoms in total. The van der Waals surface area contributed by atoms with Gasteiger partial charge in [0.25, 0.3) is 0 Å². The summed E-state index contributed by atoms with van der Waals surface area (Å²) in [5, 5.41) is 11.4. The molecule has 0 saturated heterocycles. The van der Waals surface area contributed by atoms with Crippen molar-refractivity contribution in [3.8, 4) is 6.07 Å². The molecule has 2 aromatic rings. The number of halogens is 4. The highest BCUT2D eigenvalue weighted by molar-refractivity contribution is 6.33. The summed E-state index contributed by atoms with van der Waals surface area (Å²) in [6.07, 6.45) is 0. The van der Waals surface area contributed by atoms with Crippen molar-refractivity contribution in [3.63, 3.8) is 0 Å². The van der Waals surface area contributed by atoms with Gasteiger partial charge in [0.2, 0.25) is 0 Å². The summed E-state index contributed by atoms with van der Waals surface area (Å²) in [6.45, 7) is 0. The van der Waals surface area contributed by atoms with Gasteiger partial charge < -0.3 is 5.32 Å². The van der Waals surface area contributed by atoms with Crippen molar-refractivity contribution in [2.45, 2.75) is 0 Å². The monoisotopic (exact) mass is 282 g/mol. The summed E-state index contributed by atoms with van der Waals surface area (Å²) in [5.74, 6) is -3.39. The van der Waals surface area contributed by atoms with E-state index in [0.717, 1.165) is 0 Å². The standard InChI is InChI=1S/C13H6ClF3N2/c14-8-3-7(6-18)1-2-12(8)19-13-5-10(16)9(15)4-11(13)17/h1-5,19H. The van der Waals surface area contributed by atoms with E-state index in [1.807, 2.05) is 6.07 Å². The molecule has 0 radical (unpaired) electrons. The van der Waals surface area contributed by atoms with Gasteiger partial charge in [-0.15, -0.1) is 0 Å². The average molecular weight is 283 g/mol. The number of nitrogens with one attached hydrogen (secondary N) is 1. The van der Waals surface area contributed by atoms with E-state index in [1.54, 1.807) is 0 Å². The van der Waals surface area contributed by atoms with Crippen LogP contribution in [0.1, 0.15) is 5.56 Å². The van der Waals surface area contributed by atoms with E-state index >= 15 is 0 Å². The van der Waals surface area contributed by atoms with Crippen molar-refractivity contribution >= 4 is 23.0 Å². The van der Waals surface area contributed by atoms with Crippen LogP contribution in [0.25, 0.3) is 0 Å². The maximum atomic E-state index is 13.4. The summed E-state index contributed by atoms with van der Waals surface area (Å²) in [5.41, 5.74) is 0.373. The SMILES string of the molecule is N#Cc1ccc(Nc2cc(F)c(F)cc2F)c(Cl)c1. The maximum Gasteiger partial charge on any atom is 0.161 e. The molecule has 0 spiro atoms. The highest BCUT2D eigenvalue weighted by Gasteiger charge is 2.11. The van der Waals surface area contributed by atoms with Gasteiger partial charge in [0, 0.05) is 12.1 Å². The first-order valence-electron chi connectivity index (χ1n) is 5.12. The fourth-order valence-corrected chi connectivity index (χ4v) is 1.68. The molecule has 0 aliphatic heterocycles. The molecule has 0 unspecified atom stereocenters. The minimum Gasteiger partial charge on any atom is -0.352 e. The molecule has 19 heavy (non-hydrogen) atoms. The first kappa shape index (κ1) is 13.2. The first-order valence-corrected chi connectivity index (χ1v) is 5.50. The lowest BCUT2D eigenvalue weighted by molar-refractivity contribution is 0.496. The van der Waals surface area contributed by atoms with E-state index < -0.39 is 17.5 Å². The Morgan fingerprint density at radius 2 is 1.63 bits per heavy atom. The zero-order valence-electron chi connectivity index (χ0n) is 9.35. The van der Waals surface area contributed by atoms with Crippen molar-refractivity contribution in [3.05, 3.63) is 58.4 Å². The van der Waals surface area contributed by atoms with Crippen molar-refractivity contribution in [1.82, 2.24) is 0 Å². The molecule has 0 aliphatic carbocycles. The fourth-order valence-electron chi connectivity index (χ4n) is 1.45. The van der Waals surface area contributed by atoms with Gasteiger partial charge in [-0.25, -0.2) is 13.2 Å². The molecule has 0 atom stereocenters. The van der Waals surface area contributed by atoms with Crippen molar-refractivity contribution in [2.24, 2.45) is 0 Å². The van der Waals surface area contributed by atoms with Crippen LogP contribution in [0.2, 0.25) is 5.02 Å². The second kappa shape index (κ2) is 5.21. The smallest absolute Gasteiger partial charge is 0.161 e. The molecule has 0 aliphatic rings. The predicted molar refractivity (Wildman–Crippen MR) is 65.8 cm³/mol. The summed E-state index contributed by atoms with van der Waals surface area (Å²) in [6, 6.07) is 7.31. The van der Waals surface area contributed by atoms with Crippen LogP contribution >= 0.6 is 11.6 Å². The van der Waals surface area contributed by atoms with E-state index in [1.165, 1.54) is 18.2 Å². The number of anilines is 2. The molecule has 0 bridgehead atoms. The minimum atomic E-state index is -1.27. The van der Waals surface area contributed by atoms with Crippen LogP contribution in [0.5, 0.6) is 0 Å². The lowest BCUT2D eigenvalue weighted by Crippen LogP contribution is -1.97. The Morgan fingerprint density at radius 1 is 0.947 bits per heavy atom. The number of nitrogens with zero attached hydrogens (tertiary/aromatic N) is 1. The van der Waals surface area contributed by atoms with Gasteiger partial charge in [-0.05, 0) is 18.2 Å². The Hall–Kier alpha value is -2.19. The second-order valence-corrected chi connectivity index (χ2v) is 4.08. The third kappa shape index (κ3) is 2.80. The van der Waals surface area contributed by atoms with Gasteiger partial charge in [0.05, 0.1) is 28.0 Å². The molecule has 6 heteroatoms. The molecule has 0 saturated carbocycles. The van der Waals surface area contributed by atoms with Gasteiger partial charge in [-0.1, -0.05) is 11.6 Å². The maximum absolute atomic E-state index is 13.4. The number of benzene rings is 2. The van der Waals surface area contributed by atoms with Crippen LogP contribution in [0.3, 0.4) is 0 Å². The molecule has 0 amide bonds. The van der Waals surface area contributed by atoms with Gasteiger partial charge in [0.15, 0.2) is 11.6 Å². The number of hydrogen-bond donors (Lipinski definition) is 1. The summed E-state index contributed by atoms with van der Waals surface area (Å²) in [4.78, 5) is 0. The van der Waals surface area contributed by atoms with E-state index in [-0.39, 0.29) is 16.4 Å². The number of nitriles is 1. The van der Waals surface area contributed by atoms with Gasteiger partial charge in [0.1, 0.15) is 5.82 Å². The topological polar surface area (TPSA) is 35.8 Å². The number of rotatable bonds is 2. The molecular formula is C13H6ClF3N2. The van der Waals surface area contributed by atoms with Crippen LogP contribution in [-0.2, 0) is 0 Å². The zero-order chi connectivity index (χ0) is 14.0. The molecule has 1 N–H and O–H groups in total. The molecule has 96 valence electrons. The quantitative estimate of drug-likeness (QED) is 0.830. The first-order chi connectivity index (χ1) is 9.01. The van der Waals surface area contributed by atoms with E-state index in [2.05, 4.69) is 5.32 Å². The highest BCUT2D eigenvalue weighted by Crippen LogP contribution is 2.28. The molecule has 2 rings (SSSR count). The van der Waals surface area contributed by atoms with Crippen LogP contribution in [0, 0.1) is 28.8 Å². The van der Waals surface area contributed by atoms with E-state index in [4.69, 9.17) is 16.9 Å². The Morgan fingerprint density at radius 3 is 2.26 bits per heavy atom. The van der Waals surface area contributed by atoms with Crippen LogP contribution < -0.4 is 5.32 Å². The van der Waals surface area contributed by atoms with E-state index in [0.29, 0.717) is 17.7 Å². The minimum absolute atomic E-state index is 0.170. The lowest BCUT2D eigenvalue weighted by Gasteiger charge is -2.10. The largest absolute Gasteiger partial charge is 0.352 e. The second-order valence-electron chi connectivity index (χ2n) is 3.68. The zero-order valence-corrected chi connectivity index (χ0v) is 10.1. The molecular weight excluding hydrogens is 277 g/mol. The summed E-state index contributed by atoms with van der Waals surface area (Å²) < 4.78 is 39.2. The predicted octanol–water partition coefficient (Wildman–Crippen LogP) is 4.37. The Balaban J connectivity index is 2.37. The molecule has 2 aromatic carbocycles. The lowest BCUT2D eigenvalue weighted by atomic mass is 10.2. The summed E-state index contributed by atoms with van der Waals surface area (Å²) in [7, 11) is 0. The van der Waals surface area contributed by atoms with Crippen molar-refractivity contribution in [2.75, 3.05) is 5.32 Å². The Bertz CT molecular complexity index is 680. The summed E-state index contributed by atoms with van der Waals surface area (Å²) >= 11 is 5.88. The molecule has 0 fully saturated rings. The van der Waals surface area contributed by atoms with Crippen LogP contribution in [0.4, 0.5) is 24.5 Å². The number of hydrogen-bond acceptors (Lipinski definition) is 2. The fraction of sp³-hybridized carbons (Fsp3) is 0. The van der Waals surface area contributed by atoms with Gasteiger partial charge in [-0.2, -0.15) is 5.26 Å². The molecule has 0 heterocycles. The van der Waals surface area contributed by atoms with Gasteiger partial charge >= 0.3 is 0 Å². The van der Waals surface area contributed by atoms with Crippen molar-refractivity contribution < 1.29 is 13.2 Å². The Labute approximate surface area is 112 Å². The third-order valence-corrected chi connectivity index (χ3v) is 2.69. The van der Waals surface area contributed by atoms with Crippen LogP contribution in [0.15, 0.2) is 30.3 Å². The Kier molecular flexibility index (Phi) is 3.63. The normalized spacial score (nSPS) is 10.1. The van der Waals surface area contributed by atoms with Crippen molar-refractivity contribution in [1.29, 1.82) is 5.26 Å². The molecule has 0 aromatic heterocycles. The van der Waals surface area contributed by atoms with Crippen LogP contribution in [-0.4, -0.2) is 0 Å². The average Bonchev–Trinajstić information content (AvgIpc) is 2.38.